The van der Waals surface area contributed by atoms with Crippen LogP contribution in [0.3, 0.4) is 0 Å². The zero-order valence-electron chi connectivity index (χ0n) is 14.3. The highest BCUT2D eigenvalue weighted by Gasteiger charge is 2.16. The summed E-state index contributed by atoms with van der Waals surface area (Å²) in [6.07, 6.45) is 3.58. The van der Waals surface area contributed by atoms with Gasteiger partial charge in [0, 0.05) is 26.1 Å². The number of nitrogens with zero attached hydrogens (tertiary/aromatic N) is 1. The summed E-state index contributed by atoms with van der Waals surface area (Å²) < 4.78 is 10.7. The Bertz CT molecular complexity index is 419. The molecule has 1 rings (SSSR count). The van der Waals surface area contributed by atoms with Crippen LogP contribution in [0.4, 0.5) is 0 Å². The molecule has 1 heterocycles. The molecule has 0 saturated carbocycles. The SMILES string of the molecule is CCC(C)NC(=NCC(C)(C)OC)NCCc1ccco1.I. The summed E-state index contributed by atoms with van der Waals surface area (Å²) >= 11 is 0. The molecule has 1 aromatic heterocycles. The number of methoxy groups -OCH3 is 1. The summed E-state index contributed by atoms with van der Waals surface area (Å²) in [5, 5.41) is 6.74. The summed E-state index contributed by atoms with van der Waals surface area (Å²) in [4.78, 5) is 4.61. The van der Waals surface area contributed by atoms with E-state index in [1.165, 1.54) is 0 Å². The molecule has 0 aromatic carbocycles. The van der Waals surface area contributed by atoms with Crippen LogP contribution in [0.1, 0.15) is 39.9 Å². The molecule has 0 fully saturated rings. The van der Waals surface area contributed by atoms with Gasteiger partial charge in [0.25, 0.3) is 0 Å². The summed E-state index contributed by atoms with van der Waals surface area (Å²) in [5.41, 5.74) is -0.259. The van der Waals surface area contributed by atoms with Crippen LogP contribution in [0.2, 0.25) is 0 Å². The molecule has 1 unspecified atom stereocenters. The van der Waals surface area contributed by atoms with Gasteiger partial charge in [0.1, 0.15) is 5.76 Å². The van der Waals surface area contributed by atoms with Crippen LogP contribution in [0.15, 0.2) is 27.8 Å². The molecule has 2 N–H and O–H groups in total. The molecule has 0 amide bonds. The highest BCUT2D eigenvalue weighted by Crippen LogP contribution is 2.07. The van der Waals surface area contributed by atoms with Crippen molar-refractivity contribution in [2.24, 2.45) is 4.99 Å². The quantitative estimate of drug-likeness (QED) is 0.383. The average Bonchev–Trinajstić information content (AvgIpc) is 2.97. The third-order valence-electron chi connectivity index (χ3n) is 3.41. The van der Waals surface area contributed by atoms with E-state index in [9.17, 15) is 0 Å². The van der Waals surface area contributed by atoms with Crippen molar-refractivity contribution in [2.45, 2.75) is 52.2 Å². The van der Waals surface area contributed by atoms with Crippen molar-refractivity contribution >= 4 is 29.9 Å². The first-order valence-electron chi connectivity index (χ1n) is 7.59. The summed E-state index contributed by atoms with van der Waals surface area (Å²) in [7, 11) is 1.71. The van der Waals surface area contributed by atoms with Crippen LogP contribution in [0.25, 0.3) is 0 Å². The number of ether oxygens (including phenoxy) is 1. The predicted octanol–water partition coefficient (Wildman–Crippen LogP) is 3.20. The van der Waals surface area contributed by atoms with Crippen molar-refractivity contribution in [1.29, 1.82) is 0 Å². The number of hydrogen-bond donors (Lipinski definition) is 2. The maximum atomic E-state index is 5.41. The number of furan rings is 1. The van der Waals surface area contributed by atoms with Gasteiger partial charge in [-0.3, -0.25) is 4.99 Å². The van der Waals surface area contributed by atoms with Crippen molar-refractivity contribution in [1.82, 2.24) is 10.6 Å². The van der Waals surface area contributed by atoms with Gasteiger partial charge in [-0.2, -0.15) is 0 Å². The van der Waals surface area contributed by atoms with Gasteiger partial charge in [-0.25, -0.2) is 0 Å². The standard InChI is InChI=1S/C16H29N3O2.HI/c1-6-13(2)19-15(18-12-16(3,4)20-5)17-10-9-14-8-7-11-21-14;/h7-8,11,13H,6,9-10,12H2,1-5H3,(H2,17,18,19);1H. The Morgan fingerprint density at radius 2 is 2.18 bits per heavy atom. The van der Waals surface area contributed by atoms with Crippen LogP contribution >= 0.6 is 24.0 Å². The van der Waals surface area contributed by atoms with E-state index in [0.717, 1.165) is 31.1 Å². The summed E-state index contributed by atoms with van der Waals surface area (Å²) in [6.45, 7) is 9.74. The van der Waals surface area contributed by atoms with E-state index in [4.69, 9.17) is 9.15 Å². The lowest BCUT2D eigenvalue weighted by atomic mass is 10.1. The Balaban J connectivity index is 0.00000441. The maximum absolute atomic E-state index is 5.41. The van der Waals surface area contributed by atoms with Crippen LogP contribution < -0.4 is 10.6 Å². The minimum absolute atomic E-state index is 0. The van der Waals surface area contributed by atoms with Crippen molar-refractivity contribution in [3.8, 4) is 0 Å². The van der Waals surface area contributed by atoms with Crippen LogP contribution in [0, 0.1) is 0 Å². The molecule has 0 aliphatic carbocycles. The molecule has 5 nitrogen and oxygen atoms in total. The lowest BCUT2D eigenvalue weighted by molar-refractivity contribution is 0.0310. The molecule has 22 heavy (non-hydrogen) atoms. The topological polar surface area (TPSA) is 58.8 Å². The van der Waals surface area contributed by atoms with Crippen molar-refractivity contribution in [2.75, 3.05) is 20.2 Å². The monoisotopic (exact) mass is 423 g/mol. The summed E-state index contributed by atoms with van der Waals surface area (Å²) in [6, 6.07) is 4.27. The van der Waals surface area contributed by atoms with E-state index >= 15 is 0 Å². The molecule has 0 saturated heterocycles. The lowest BCUT2D eigenvalue weighted by Gasteiger charge is -2.22. The first kappa shape index (κ1) is 21.2. The fourth-order valence-corrected chi connectivity index (χ4v) is 1.58. The second kappa shape index (κ2) is 10.9. The Hall–Kier alpha value is -0.760. The second-order valence-corrected chi connectivity index (χ2v) is 5.84. The highest BCUT2D eigenvalue weighted by atomic mass is 127. The maximum Gasteiger partial charge on any atom is 0.191 e. The molecule has 128 valence electrons. The van der Waals surface area contributed by atoms with Crippen LogP contribution in [-0.4, -0.2) is 37.8 Å². The lowest BCUT2D eigenvalue weighted by Crippen LogP contribution is -2.43. The highest BCUT2D eigenvalue weighted by molar-refractivity contribution is 14.0. The molecule has 0 spiro atoms. The zero-order valence-corrected chi connectivity index (χ0v) is 16.6. The molecule has 0 aliphatic heterocycles. The second-order valence-electron chi connectivity index (χ2n) is 5.84. The van der Waals surface area contributed by atoms with E-state index in [1.54, 1.807) is 13.4 Å². The third-order valence-corrected chi connectivity index (χ3v) is 3.41. The van der Waals surface area contributed by atoms with Crippen LogP contribution in [-0.2, 0) is 11.2 Å². The Morgan fingerprint density at radius 3 is 2.73 bits per heavy atom. The van der Waals surface area contributed by atoms with Crippen molar-refractivity contribution in [3.63, 3.8) is 0 Å². The van der Waals surface area contributed by atoms with Crippen molar-refractivity contribution < 1.29 is 9.15 Å². The van der Waals surface area contributed by atoms with E-state index in [0.29, 0.717) is 12.6 Å². The Morgan fingerprint density at radius 1 is 1.45 bits per heavy atom. The first-order valence-corrected chi connectivity index (χ1v) is 7.59. The predicted molar refractivity (Wildman–Crippen MR) is 102 cm³/mol. The van der Waals surface area contributed by atoms with Gasteiger partial charge in [-0.05, 0) is 39.3 Å². The zero-order chi connectivity index (χ0) is 15.7. The minimum Gasteiger partial charge on any atom is -0.469 e. The number of halogens is 1. The number of guanidine groups is 1. The largest absolute Gasteiger partial charge is 0.469 e. The van der Waals surface area contributed by atoms with Crippen LogP contribution in [0.5, 0.6) is 0 Å². The third kappa shape index (κ3) is 8.63. The number of rotatable bonds is 8. The number of hydrogen-bond acceptors (Lipinski definition) is 3. The van der Waals surface area contributed by atoms with Gasteiger partial charge in [0.2, 0.25) is 0 Å². The van der Waals surface area contributed by atoms with E-state index in [1.807, 2.05) is 26.0 Å². The van der Waals surface area contributed by atoms with E-state index < -0.39 is 0 Å². The molecular weight excluding hydrogens is 393 g/mol. The molecule has 0 bridgehead atoms. The fraction of sp³-hybridized carbons (Fsp3) is 0.688. The van der Waals surface area contributed by atoms with Gasteiger partial charge in [0.15, 0.2) is 5.96 Å². The molecule has 0 radical (unpaired) electrons. The Kier molecular flexibility index (Phi) is 10.5. The number of nitrogens with one attached hydrogen (secondary N) is 2. The normalized spacial score (nSPS) is 13.4. The van der Waals surface area contributed by atoms with Gasteiger partial charge in [0.05, 0.1) is 18.4 Å². The van der Waals surface area contributed by atoms with Crippen molar-refractivity contribution in [3.05, 3.63) is 24.2 Å². The van der Waals surface area contributed by atoms with Gasteiger partial charge in [-0.15, -0.1) is 24.0 Å². The molecule has 0 aliphatic rings. The first-order chi connectivity index (χ1) is 9.96. The molecular formula is C16H30IN3O2. The van der Waals surface area contributed by atoms with E-state index in [-0.39, 0.29) is 29.6 Å². The fourth-order valence-electron chi connectivity index (χ4n) is 1.58. The Labute approximate surface area is 151 Å². The van der Waals surface area contributed by atoms with Gasteiger partial charge < -0.3 is 19.8 Å². The number of aliphatic imine (C=N–C) groups is 1. The molecule has 6 heteroatoms. The minimum atomic E-state index is -0.259. The molecule has 1 atom stereocenters. The molecule has 1 aromatic rings. The summed E-state index contributed by atoms with van der Waals surface area (Å²) in [5.74, 6) is 1.80. The van der Waals surface area contributed by atoms with Gasteiger partial charge >= 0.3 is 0 Å². The smallest absolute Gasteiger partial charge is 0.191 e. The van der Waals surface area contributed by atoms with E-state index in [2.05, 4.69) is 29.5 Å². The average molecular weight is 423 g/mol. The van der Waals surface area contributed by atoms with Gasteiger partial charge in [-0.1, -0.05) is 6.92 Å².